The predicted molar refractivity (Wildman–Crippen MR) is 73.6 cm³/mol. The SMILES string of the molecule is CCCOc1cncc(C(NN)C2OCCC2C)c1. The van der Waals surface area contributed by atoms with Crippen LogP contribution in [0, 0.1) is 5.92 Å². The van der Waals surface area contributed by atoms with Crippen molar-refractivity contribution < 1.29 is 9.47 Å². The topological polar surface area (TPSA) is 69.4 Å². The number of nitrogens with zero attached hydrogens (tertiary/aromatic N) is 1. The van der Waals surface area contributed by atoms with Crippen LogP contribution in [0.15, 0.2) is 18.5 Å². The van der Waals surface area contributed by atoms with Gasteiger partial charge in [0.25, 0.3) is 0 Å². The Kier molecular flexibility index (Phi) is 5.13. The molecule has 0 aliphatic carbocycles. The zero-order chi connectivity index (χ0) is 13.7. The Labute approximate surface area is 114 Å². The van der Waals surface area contributed by atoms with Crippen LogP contribution >= 0.6 is 0 Å². The van der Waals surface area contributed by atoms with E-state index >= 15 is 0 Å². The van der Waals surface area contributed by atoms with Gasteiger partial charge in [0.2, 0.25) is 0 Å². The molecule has 1 fully saturated rings. The van der Waals surface area contributed by atoms with E-state index in [4.69, 9.17) is 15.3 Å². The molecule has 0 radical (unpaired) electrons. The minimum absolute atomic E-state index is 0.0461. The molecule has 0 aromatic carbocycles. The van der Waals surface area contributed by atoms with Crippen molar-refractivity contribution in [2.75, 3.05) is 13.2 Å². The van der Waals surface area contributed by atoms with E-state index in [1.807, 2.05) is 12.3 Å². The van der Waals surface area contributed by atoms with Gasteiger partial charge in [-0.1, -0.05) is 13.8 Å². The summed E-state index contributed by atoms with van der Waals surface area (Å²) in [5.41, 5.74) is 3.86. The summed E-state index contributed by atoms with van der Waals surface area (Å²) in [6, 6.07) is 1.94. The van der Waals surface area contributed by atoms with E-state index in [9.17, 15) is 0 Å². The molecule has 0 amide bonds. The molecular formula is C14H23N3O2. The van der Waals surface area contributed by atoms with E-state index in [-0.39, 0.29) is 12.1 Å². The van der Waals surface area contributed by atoms with Crippen molar-refractivity contribution in [3.8, 4) is 5.75 Å². The average Bonchev–Trinajstić information content (AvgIpc) is 2.84. The Morgan fingerprint density at radius 2 is 2.42 bits per heavy atom. The van der Waals surface area contributed by atoms with E-state index in [1.165, 1.54) is 0 Å². The minimum Gasteiger partial charge on any atom is -0.492 e. The molecule has 3 unspecified atom stereocenters. The maximum atomic E-state index is 5.78. The first-order chi connectivity index (χ1) is 9.26. The van der Waals surface area contributed by atoms with Crippen molar-refractivity contribution in [2.24, 2.45) is 11.8 Å². The fraction of sp³-hybridized carbons (Fsp3) is 0.643. The summed E-state index contributed by atoms with van der Waals surface area (Å²) < 4.78 is 11.4. The van der Waals surface area contributed by atoms with E-state index in [1.54, 1.807) is 6.20 Å². The maximum absolute atomic E-state index is 5.78. The second kappa shape index (κ2) is 6.84. The predicted octanol–water partition coefficient (Wildman–Crippen LogP) is 1.80. The molecule has 2 rings (SSSR count). The fourth-order valence-electron chi connectivity index (χ4n) is 2.43. The van der Waals surface area contributed by atoms with Crippen molar-refractivity contribution in [1.29, 1.82) is 0 Å². The van der Waals surface area contributed by atoms with E-state index in [0.29, 0.717) is 12.5 Å². The molecule has 5 nitrogen and oxygen atoms in total. The van der Waals surface area contributed by atoms with Gasteiger partial charge in [0.1, 0.15) is 5.75 Å². The molecule has 1 aromatic rings. The molecule has 2 heterocycles. The largest absolute Gasteiger partial charge is 0.492 e. The van der Waals surface area contributed by atoms with Crippen molar-refractivity contribution in [3.05, 3.63) is 24.0 Å². The average molecular weight is 265 g/mol. The van der Waals surface area contributed by atoms with Gasteiger partial charge in [-0.25, -0.2) is 0 Å². The van der Waals surface area contributed by atoms with Crippen LogP contribution in [0.4, 0.5) is 0 Å². The van der Waals surface area contributed by atoms with Crippen LogP contribution in [0.25, 0.3) is 0 Å². The highest BCUT2D eigenvalue weighted by molar-refractivity contribution is 5.27. The van der Waals surface area contributed by atoms with Crippen molar-refractivity contribution >= 4 is 0 Å². The van der Waals surface area contributed by atoms with Gasteiger partial charge in [-0.05, 0) is 30.4 Å². The number of hydrogen-bond acceptors (Lipinski definition) is 5. The highest BCUT2D eigenvalue weighted by atomic mass is 16.5. The number of hydrogen-bond donors (Lipinski definition) is 2. The van der Waals surface area contributed by atoms with Crippen LogP contribution in [-0.2, 0) is 4.74 Å². The van der Waals surface area contributed by atoms with Gasteiger partial charge in [0, 0.05) is 12.8 Å². The third-order valence-corrected chi connectivity index (χ3v) is 3.52. The summed E-state index contributed by atoms with van der Waals surface area (Å²) in [7, 11) is 0. The van der Waals surface area contributed by atoms with Crippen LogP contribution in [0.2, 0.25) is 0 Å². The first-order valence-corrected chi connectivity index (χ1v) is 6.91. The third-order valence-electron chi connectivity index (χ3n) is 3.52. The summed E-state index contributed by atoms with van der Waals surface area (Å²) in [6.07, 6.45) is 5.69. The van der Waals surface area contributed by atoms with Crippen LogP contribution in [-0.4, -0.2) is 24.3 Å². The minimum atomic E-state index is -0.0461. The second-order valence-corrected chi connectivity index (χ2v) is 5.05. The molecule has 1 aliphatic heterocycles. The van der Waals surface area contributed by atoms with E-state index in [0.717, 1.165) is 30.8 Å². The lowest BCUT2D eigenvalue weighted by Gasteiger charge is -2.25. The normalized spacial score (nSPS) is 24.4. The highest BCUT2D eigenvalue weighted by Gasteiger charge is 2.32. The summed E-state index contributed by atoms with van der Waals surface area (Å²) in [5.74, 6) is 6.97. The molecule has 106 valence electrons. The molecule has 1 saturated heterocycles. The monoisotopic (exact) mass is 265 g/mol. The molecule has 1 aliphatic rings. The lowest BCUT2D eigenvalue weighted by atomic mass is 9.94. The number of pyridine rings is 1. The van der Waals surface area contributed by atoms with Crippen LogP contribution in [0.3, 0.4) is 0 Å². The van der Waals surface area contributed by atoms with Gasteiger partial charge in [-0.15, -0.1) is 0 Å². The molecule has 0 spiro atoms. The van der Waals surface area contributed by atoms with Gasteiger partial charge < -0.3 is 9.47 Å². The summed E-state index contributed by atoms with van der Waals surface area (Å²) >= 11 is 0. The van der Waals surface area contributed by atoms with E-state index < -0.39 is 0 Å². The maximum Gasteiger partial charge on any atom is 0.137 e. The Morgan fingerprint density at radius 1 is 1.58 bits per heavy atom. The first kappa shape index (κ1) is 14.2. The van der Waals surface area contributed by atoms with Crippen LogP contribution in [0.1, 0.15) is 38.3 Å². The zero-order valence-electron chi connectivity index (χ0n) is 11.6. The second-order valence-electron chi connectivity index (χ2n) is 5.05. The molecular weight excluding hydrogens is 242 g/mol. The number of nitrogens with two attached hydrogens (primary N) is 1. The molecule has 3 atom stereocenters. The Bertz CT molecular complexity index is 400. The lowest BCUT2D eigenvalue weighted by Crippen LogP contribution is -2.38. The number of nitrogens with one attached hydrogen (secondary N) is 1. The Morgan fingerprint density at radius 3 is 3.05 bits per heavy atom. The number of rotatable bonds is 6. The Hall–Kier alpha value is -1.17. The van der Waals surface area contributed by atoms with Crippen LogP contribution < -0.4 is 16.0 Å². The quantitative estimate of drug-likeness (QED) is 0.606. The molecule has 0 saturated carbocycles. The smallest absolute Gasteiger partial charge is 0.137 e. The summed E-state index contributed by atoms with van der Waals surface area (Å²) in [6.45, 7) is 5.76. The molecule has 5 heteroatoms. The first-order valence-electron chi connectivity index (χ1n) is 6.91. The molecule has 19 heavy (non-hydrogen) atoms. The Balaban J connectivity index is 2.13. The third kappa shape index (κ3) is 3.43. The fourth-order valence-corrected chi connectivity index (χ4v) is 2.43. The van der Waals surface area contributed by atoms with Crippen molar-refractivity contribution in [2.45, 2.75) is 38.8 Å². The molecule has 3 N–H and O–H groups in total. The zero-order valence-corrected chi connectivity index (χ0v) is 11.6. The molecule has 1 aromatic heterocycles. The summed E-state index contributed by atoms with van der Waals surface area (Å²) in [4.78, 5) is 4.23. The highest BCUT2D eigenvalue weighted by Crippen LogP contribution is 2.31. The standard InChI is InChI=1S/C14H23N3O2/c1-3-5-18-12-7-11(8-16-9-12)13(17-15)14-10(2)4-6-19-14/h7-10,13-14,17H,3-6,15H2,1-2H3. The number of hydrazine groups is 1. The van der Waals surface area contributed by atoms with Gasteiger partial charge in [0.15, 0.2) is 0 Å². The van der Waals surface area contributed by atoms with Gasteiger partial charge >= 0.3 is 0 Å². The van der Waals surface area contributed by atoms with Gasteiger partial charge in [0.05, 0.1) is 24.9 Å². The van der Waals surface area contributed by atoms with E-state index in [2.05, 4.69) is 24.3 Å². The molecule has 0 bridgehead atoms. The van der Waals surface area contributed by atoms with Crippen LogP contribution in [0.5, 0.6) is 5.75 Å². The van der Waals surface area contributed by atoms with Gasteiger partial charge in [-0.3, -0.25) is 16.3 Å². The van der Waals surface area contributed by atoms with Crippen molar-refractivity contribution in [3.63, 3.8) is 0 Å². The lowest BCUT2D eigenvalue weighted by molar-refractivity contribution is 0.0605. The summed E-state index contributed by atoms with van der Waals surface area (Å²) in [5, 5.41) is 0. The number of ether oxygens (including phenoxy) is 2. The van der Waals surface area contributed by atoms with Gasteiger partial charge in [-0.2, -0.15) is 0 Å². The van der Waals surface area contributed by atoms with Crippen molar-refractivity contribution in [1.82, 2.24) is 10.4 Å². The number of aromatic nitrogens is 1.